The van der Waals surface area contributed by atoms with Gasteiger partial charge >= 0.3 is 0 Å². The molecule has 1 fully saturated rings. The summed E-state index contributed by atoms with van der Waals surface area (Å²) in [5, 5.41) is 5.39. The van der Waals surface area contributed by atoms with Crippen LogP contribution in [0.5, 0.6) is 11.5 Å². The predicted octanol–water partition coefficient (Wildman–Crippen LogP) is 2.79. The van der Waals surface area contributed by atoms with Crippen LogP contribution in [0.4, 0.5) is 5.69 Å². The molecule has 170 valence electrons. The van der Waals surface area contributed by atoms with Crippen LogP contribution in [0.25, 0.3) is 10.8 Å². The summed E-state index contributed by atoms with van der Waals surface area (Å²) < 4.78 is 39.7. The van der Waals surface area contributed by atoms with Crippen molar-refractivity contribution in [2.24, 2.45) is 0 Å². The molecule has 0 aromatic heterocycles. The van der Waals surface area contributed by atoms with Gasteiger partial charge in [-0.2, -0.15) is 0 Å². The largest absolute Gasteiger partial charge is 0.496 e. The average molecular weight is 456 g/mol. The van der Waals surface area contributed by atoms with Gasteiger partial charge in [-0.1, -0.05) is 30.3 Å². The molecule has 0 aliphatic carbocycles. The number of benzene rings is 3. The lowest BCUT2D eigenvalue weighted by Crippen LogP contribution is -2.43. The number of hydrogen-bond acceptors (Lipinski definition) is 6. The number of rotatable bonds is 8. The summed E-state index contributed by atoms with van der Waals surface area (Å²) in [6.45, 7) is 3.62. The summed E-state index contributed by atoms with van der Waals surface area (Å²) in [6, 6.07) is 16.9. The molecule has 1 aliphatic heterocycles. The van der Waals surface area contributed by atoms with Gasteiger partial charge in [0.25, 0.3) is 0 Å². The second kappa shape index (κ2) is 9.77. The Hall–Kier alpha value is -2.81. The van der Waals surface area contributed by atoms with Crippen molar-refractivity contribution in [3.8, 4) is 11.5 Å². The van der Waals surface area contributed by atoms with Crippen molar-refractivity contribution in [3.63, 3.8) is 0 Å². The summed E-state index contributed by atoms with van der Waals surface area (Å²) in [6.07, 6.45) is 0.574. The monoisotopic (exact) mass is 455 g/mol. The molecule has 0 saturated carbocycles. The van der Waals surface area contributed by atoms with Gasteiger partial charge in [0, 0.05) is 38.1 Å². The lowest BCUT2D eigenvalue weighted by atomic mass is 10.0. The molecule has 1 saturated heterocycles. The van der Waals surface area contributed by atoms with Gasteiger partial charge in [-0.3, -0.25) is 0 Å². The zero-order valence-corrected chi connectivity index (χ0v) is 19.2. The predicted molar refractivity (Wildman–Crippen MR) is 127 cm³/mol. The molecular weight excluding hydrogens is 426 g/mol. The number of methoxy groups -OCH3 is 2. The third kappa shape index (κ3) is 4.67. The molecule has 8 heteroatoms. The summed E-state index contributed by atoms with van der Waals surface area (Å²) in [4.78, 5) is 2.39. The molecule has 1 aliphatic rings. The minimum absolute atomic E-state index is 0.242. The van der Waals surface area contributed by atoms with Crippen LogP contribution in [-0.4, -0.2) is 55.4 Å². The Kier molecular flexibility index (Phi) is 6.83. The topological polar surface area (TPSA) is 79.9 Å². The number of sulfonamides is 1. The summed E-state index contributed by atoms with van der Waals surface area (Å²) in [5.41, 5.74) is 1.87. The van der Waals surface area contributed by atoms with E-state index >= 15 is 0 Å². The molecule has 7 nitrogen and oxygen atoms in total. The van der Waals surface area contributed by atoms with Crippen molar-refractivity contribution in [2.75, 3.05) is 51.8 Å². The van der Waals surface area contributed by atoms with E-state index in [1.807, 2.05) is 36.4 Å². The van der Waals surface area contributed by atoms with E-state index in [-0.39, 0.29) is 4.90 Å². The summed E-state index contributed by atoms with van der Waals surface area (Å²) in [5.74, 6) is 1.49. The molecule has 0 atom stereocenters. The fraction of sp³-hybridized carbons (Fsp3) is 0.333. The van der Waals surface area contributed by atoms with Gasteiger partial charge in [0.2, 0.25) is 10.0 Å². The quantitative estimate of drug-likeness (QED) is 0.544. The van der Waals surface area contributed by atoms with E-state index in [1.54, 1.807) is 32.4 Å². The van der Waals surface area contributed by atoms with Gasteiger partial charge in [0.05, 0.1) is 24.8 Å². The van der Waals surface area contributed by atoms with Crippen molar-refractivity contribution in [1.29, 1.82) is 0 Å². The highest BCUT2D eigenvalue weighted by Gasteiger charge is 2.20. The number of piperazine rings is 1. The number of ether oxygens (including phenoxy) is 2. The molecule has 1 heterocycles. The van der Waals surface area contributed by atoms with E-state index in [0.29, 0.717) is 18.7 Å². The highest BCUT2D eigenvalue weighted by Crippen LogP contribution is 2.31. The summed E-state index contributed by atoms with van der Waals surface area (Å²) in [7, 11) is -0.400. The van der Waals surface area contributed by atoms with Gasteiger partial charge in [-0.25, -0.2) is 13.1 Å². The van der Waals surface area contributed by atoms with E-state index < -0.39 is 10.0 Å². The van der Waals surface area contributed by atoms with E-state index in [4.69, 9.17) is 9.47 Å². The van der Waals surface area contributed by atoms with Crippen LogP contribution in [-0.2, 0) is 16.4 Å². The first-order valence-corrected chi connectivity index (χ1v) is 12.2. The van der Waals surface area contributed by atoms with Crippen molar-refractivity contribution >= 4 is 26.5 Å². The van der Waals surface area contributed by atoms with Gasteiger partial charge < -0.3 is 19.7 Å². The Morgan fingerprint density at radius 1 is 0.938 bits per heavy atom. The van der Waals surface area contributed by atoms with E-state index in [1.165, 1.54) is 0 Å². The van der Waals surface area contributed by atoms with Crippen molar-refractivity contribution in [3.05, 3.63) is 60.2 Å². The van der Waals surface area contributed by atoms with Crippen LogP contribution in [0.2, 0.25) is 0 Å². The van der Waals surface area contributed by atoms with Crippen molar-refractivity contribution < 1.29 is 17.9 Å². The Morgan fingerprint density at radius 2 is 1.62 bits per heavy atom. The maximum Gasteiger partial charge on any atom is 0.240 e. The number of hydrogen-bond donors (Lipinski definition) is 2. The molecule has 0 amide bonds. The Morgan fingerprint density at radius 3 is 2.34 bits per heavy atom. The average Bonchev–Trinajstić information content (AvgIpc) is 2.84. The molecule has 0 spiro atoms. The van der Waals surface area contributed by atoms with E-state index in [9.17, 15) is 8.42 Å². The van der Waals surface area contributed by atoms with Crippen molar-refractivity contribution in [1.82, 2.24) is 10.0 Å². The Bertz CT molecular complexity index is 1190. The maximum absolute atomic E-state index is 13.0. The molecule has 0 bridgehead atoms. The lowest BCUT2D eigenvalue weighted by Gasteiger charge is -2.30. The van der Waals surface area contributed by atoms with Gasteiger partial charge in [0.1, 0.15) is 11.5 Å². The van der Waals surface area contributed by atoms with Crippen LogP contribution in [0, 0.1) is 0 Å². The highest BCUT2D eigenvalue weighted by molar-refractivity contribution is 7.89. The SMILES string of the molecule is COc1ccc(S(=O)(=O)NCCc2ccc(OC)c3ccccc23)cc1N1CCNCC1. The molecule has 0 radical (unpaired) electrons. The summed E-state index contributed by atoms with van der Waals surface area (Å²) >= 11 is 0. The van der Waals surface area contributed by atoms with Crippen LogP contribution in [0.15, 0.2) is 59.5 Å². The molecule has 0 unspecified atom stereocenters. The third-order valence-corrected chi connectivity index (χ3v) is 7.26. The zero-order chi connectivity index (χ0) is 22.6. The zero-order valence-electron chi connectivity index (χ0n) is 18.4. The second-order valence-corrected chi connectivity index (χ2v) is 9.46. The first kappa shape index (κ1) is 22.4. The molecule has 3 aromatic rings. The molecule has 2 N–H and O–H groups in total. The molecule has 4 rings (SSSR count). The lowest BCUT2D eigenvalue weighted by molar-refractivity contribution is 0.412. The minimum atomic E-state index is -3.66. The van der Waals surface area contributed by atoms with Gasteiger partial charge in [-0.15, -0.1) is 0 Å². The van der Waals surface area contributed by atoms with Crippen LogP contribution in [0.3, 0.4) is 0 Å². The minimum Gasteiger partial charge on any atom is -0.496 e. The highest BCUT2D eigenvalue weighted by atomic mass is 32.2. The first-order chi connectivity index (χ1) is 15.5. The number of anilines is 1. The molecule has 32 heavy (non-hydrogen) atoms. The van der Waals surface area contributed by atoms with E-state index in [2.05, 4.69) is 14.9 Å². The molecular formula is C24H29N3O4S. The fourth-order valence-corrected chi connectivity index (χ4v) is 5.17. The first-order valence-electron chi connectivity index (χ1n) is 10.7. The van der Waals surface area contributed by atoms with Gasteiger partial charge in [0.15, 0.2) is 0 Å². The number of nitrogens with one attached hydrogen (secondary N) is 2. The Balaban J connectivity index is 1.51. The number of fused-ring (bicyclic) bond motifs is 1. The standard InChI is InChI=1S/C24H29N3O4S/c1-30-23-9-7-18(20-5-3-4-6-21(20)23)11-12-26-32(28,29)19-8-10-24(31-2)22(17-19)27-15-13-25-14-16-27/h3-10,17,25-26H,11-16H2,1-2H3. The Labute approximate surface area is 189 Å². The fourth-order valence-electron chi connectivity index (χ4n) is 4.12. The smallest absolute Gasteiger partial charge is 0.240 e. The normalized spacial score (nSPS) is 14.5. The third-order valence-electron chi connectivity index (χ3n) is 5.80. The van der Waals surface area contributed by atoms with Crippen LogP contribution in [0.1, 0.15) is 5.56 Å². The maximum atomic E-state index is 13.0. The second-order valence-electron chi connectivity index (χ2n) is 7.69. The van der Waals surface area contributed by atoms with Gasteiger partial charge in [-0.05, 0) is 41.6 Å². The van der Waals surface area contributed by atoms with Crippen LogP contribution >= 0.6 is 0 Å². The molecule has 3 aromatic carbocycles. The van der Waals surface area contributed by atoms with Crippen molar-refractivity contribution in [2.45, 2.75) is 11.3 Å². The number of nitrogens with zero attached hydrogens (tertiary/aromatic N) is 1. The van der Waals surface area contributed by atoms with E-state index in [0.717, 1.165) is 54.0 Å². The van der Waals surface area contributed by atoms with Crippen LogP contribution < -0.4 is 24.4 Å².